The van der Waals surface area contributed by atoms with Crippen LogP contribution in [0.4, 0.5) is 0 Å². The number of hydrogen-bond donors (Lipinski definition) is 0. The van der Waals surface area contributed by atoms with Crippen molar-refractivity contribution in [3.8, 4) is 6.07 Å². The molecule has 2 atom stereocenters. The van der Waals surface area contributed by atoms with Gasteiger partial charge in [0, 0.05) is 25.6 Å². The van der Waals surface area contributed by atoms with Crippen molar-refractivity contribution in [2.24, 2.45) is 5.92 Å². The van der Waals surface area contributed by atoms with Crippen molar-refractivity contribution in [3.63, 3.8) is 0 Å². The van der Waals surface area contributed by atoms with Crippen LogP contribution < -0.4 is 0 Å². The van der Waals surface area contributed by atoms with Gasteiger partial charge >= 0.3 is 5.97 Å². The highest BCUT2D eigenvalue weighted by Crippen LogP contribution is 2.34. The Kier molecular flexibility index (Phi) is 4.93. The van der Waals surface area contributed by atoms with Gasteiger partial charge in [0.15, 0.2) is 0 Å². The Morgan fingerprint density at radius 2 is 1.88 bits per heavy atom. The average Bonchev–Trinajstić information content (AvgIpc) is 3.05. The molecule has 24 heavy (non-hydrogen) atoms. The van der Waals surface area contributed by atoms with E-state index in [2.05, 4.69) is 23.1 Å². The van der Waals surface area contributed by atoms with Gasteiger partial charge in [-0.3, -0.25) is 9.69 Å². The van der Waals surface area contributed by atoms with Crippen LogP contribution in [0.2, 0.25) is 0 Å². The van der Waals surface area contributed by atoms with Gasteiger partial charge in [-0.2, -0.15) is 5.26 Å². The molecule has 4 nitrogen and oxygen atoms in total. The van der Waals surface area contributed by atoms with Gasteiger partial charge in [-0.25, -0.2) is 0 Å². The van der Waals surface area contributed by atoms with E-state index in [-0.39, 0.29) is 17.8 Å². The first-order valence-corrected chi connectivity index (χ1v) is 8.05. The monoisotopic (exact) mass is 320 g/mol. The van der Waals surface area contributed by atoms with E-state index in [0.717, 1.165) is 18.7 Å². The molecule has 0 N–H and O–H groups in total. The van der Waals surface area contributed by atoms with Crippen LogP contribution in [0.1, 0.15) is 22.6 Å². The normalized spacial score (nSPS) is 20.5. The summed E-state index contributed by atoms with van der Waals surface area (Å²) in [5, 5.41) is 8.95. The van der Waals surface area contributed by atoms with Crippen molar-refractivity contribution < 1.29 is 9.53 Å². The summed E-state index contributed by atoms with van der Waals surface area (Å²) in [6.45, 7) is 2.31. The third kappa shape index (κ3) is 3.47. The van der Waals surface area contributed by atoms with Crippen molar-refractivity contribution in [3.05, 3.63) is 71.3 Å². The number of nitrogens with zero attached hydrogens (tertiary/aromatic N) is 2. The summed E-state index contributed by atoms with van der Waals surface area (Å²) in [7, 11) is 1.44. The van der Waals surface area contributed by atoms with E-state index >= 15 is 0 Å². The van der Waals surface area contributed by atoms with Crippen LogP contribution in [-0.2, 0) is 16.1 Å². The summed E-state index contributed by atoms with van der Waals surface area (Å²) in [5.41, 5.74) is 2.95. The van der Waals surface area contributed by atoms with Crippen molar-refractivity contribution in [1.29, 1.82) is 5.26 Å². The second-order valence-electron chi connectivity index (χ2n) is 6.15. The van der Waals surface area contributed by atoms with E-state index in [9.17, 15) is 4.79 Å². The van der Waals surface area contributed by atoms with E-state index in [1.54, 1.807) is 0 Å². The maximum absolute atomic E-state index is 12.2. The number of nitriles is 1. The predicted molar refractivity (Wildman–Crippen MR) is 91.1 cm³/mol. The van der Waals surface area contributed by atoms with E-state index in [1.807, 2.05) is 42.5 Å². The Bertz CT molecular complexity index is 734. The molecule has 122 valence electrons. The molecule has 0 aromatic heterocycles. The molecule has 1 fully saturated rings. The summed E-state index contributed by atoms with van der Waals surface area (Å²) < 4.78 is 5.01. The summed E-state index contributed by atoms with van der Waals surface area (Å²) in [6, 6.07) is 19.9. The molecule has 2 unspecified atom stereocenters. The maximum Gasteiger partial charge on any atom is 0.310 e. The molecule has 0 saturated carbocycles. The fourth-order valence-corrected chi connectivity index (χ4v) is 3.39. The predicted octanol–water partition coefficient (Wildman–Crippen LogP) is 2.95. The van der Waals surface area contributed by atoms with Crippen LogP contribution >= 0.6 is 0 Å². The van der Waals surface area contributed by atoms with Gasteiger partial charge < -0.3 is 4.74 Å². The lowest BCUT2D eigenvalue weighted by atomic mass is 9.88. The first-order chi connectivity index (χ1) is 11.7. The Morgan fingerprint density at radius 3 is 2.50 bits per heavy atom. The van der Waals surface area contributed by atoms with Gasteiger partial charge in [-0.15, -0.1) is 0 Å². The van der Waals surface area contributed by atoms with Crippen molar-refractivity contribution in [1.82, 2.24) is 4.90 Å². The third-order valence-corrected chi connectivity index (χ3v) is 4.62. The van der Waals surface area contributed by atoms with Crippen LogP contribution in [-0.4, -0.2) is 31.1 Å². The summed E-state index contributed by atoms with van der Waals surface area (Å²) in [4.78, 5) is 14.5. The first kappa shape index (κ1) is 16.2. The number of ether oxygens (including phenoxy) is 1. The zero-order valence-electron chi connectivity index (χ0n) is 13.7. The zero-order chi connectivity index (χ0) is 16.9. The van der Waals surface area contributed by atoms with E-state index in [4.69, 9.17) is 10.00 Å². The number of likely N-dealkylation sites (tertiary alicyclic amines) is 1. The standard InChI is InChI=1S/C20H20N2O2/c1-24-20(23)19-14-22(12-16-5-3-2-4-6-16)13-18(19)17-9-7-15(11-21)8-10-17/h2-10,18-19H,12-14H2,1H3. The first-order valence-electron chi connectivity index (χ1n) is 8.05. The maximum atomic E-state index is 12.2. The van der Waals surface area contributed by atoms with Crippen molar-refractivity contribution >= 4 is 5.97 Å². The van der Waals surface area contributed by atoms with E-state index < -0.39 is 0 Å². The van der Waals surface area contributed by atoms with Gasteiger partial charge in [0.25, 0.3) is 0 Å². The number of rotatable bonds is 4. The average molecular weight is 320 g/mol. The van der Waals surface area contributed by atoms with E-state index in [0.29, 0.717) is 12.1 Å². The molecule has 1 aliphatic rings. The molecule has 0 amide bonds. The largest absolute Gasteiger partial charge is 0.469 e. The minimum Gasteiger partial charge on any atom is -0.469 e. The number of methoxy groups -OCH3 is 1. The highest BCUT2D eigenvalue weighted by atomic mass is 16.5. The highest BCUT2D eigenvalue weighted by molar-refractivity contribution is 5.74. The molecule has 4 heteroatoms. The number of benzene rings is 2. The van der Waals surface area contributed by atoms with Crippen molar-refractivity contribution in [2.45, 2.75) is 12.5 Å². The van der Waals surface area contributed by atoms with Gasteiger partial charge in [0.1, 0.15) is 0 Å². The molecule has 1 aliphatic heterocycles. The lowest BCUT2D eigenvalue weighted by molar-refractivity contribution is -0.145. The van der Waals surface area contributed by atoms with Gasteiger partial charge in [0.05, 0.1) is 24.7 Å². The summed E-state index contributed by atoms with van der Waals surface area (Å²) in [5.74, 6) is -0.250. The topological polar surface area (TPSA) is 53.3 Å². The Balaban J connectivity index is 1.80. The Hall–Kier alpha value is -2.64. The fourth-order valence-electron chi connectivity index (χ4n) is 3.39. The fraction of sp³-hybridized carbons (Fsp3) is 0.300. The molecule has 0 spiro atoms. The Labute approximate surface area is 142 Å². The number of hydrogen-bond acceptors (Lipinski definition) is 4. The molecule has 3 rings (SSSR count). The van der Waals surface area contributed by atoms with Crippen LogP contribution in [0.15, 0.2) is 54.6 Å². The van der Waals surface area contributed by atoms with E-state index in [1.165, 1.54) is 12.7 Å². The number of carbonyl (C=O) groups excluding carboxylic acids is 1. The lowest BCUT2D eigenvalue weighted by Crippen LogP contribution is -2.24. The minimum atomic E-state index is -0.174. The summed E-state index contributed by atoms with van der Waals surface area (Å²) in [6.07, 6.45) is 0. The SMILES string of the molecule is COC(=O)C1CN(Cc2ccccc2)CC1c1ccc(C#N)cc1. The lowest BCUT2D eigenvalue weighted by Gasteiger charge is -2.17. The van der Waals surface area contributed by atoms with Crippen LogP contribution in [0.5, 0.6) is 0 Å². The number of esters is 1. The van der Waals surface area contributed by atoms with Crippen LogP contribution in [0, 0.1) is 17.2 Å². The second-order valence-corrected chi connectivity index (χ2v) is 6.15. The molecule has 1 saturated heterocycles. The second kappa shape index (κ2) is 7.29. The smallest absolute Gasteiger partial charge is 0.310 e. The quantitative estimate of drug-likeness (QED) is 0.813. The molecule has 0 bridgehead atoms. The molecular formula is C20H20N2O2. The van der Waals surface area contributed by atoms with Crippen LogP contribution in [0.25, 0.3) is 0 Å². The number of carbonyl (C=O) groups is 1. The highest BCUT2D eigenvalue weighted by Gasteiger charge is 2.39. The summed E-state index contributed by atoms with van der Waals surface area (Å²) >= 11 is 0. The molecule has 2 aromatic carbocycles. The molecule has 0 aliphatic carbocycles. The van der Waals surface area contributed by atoms with Gasteiger partial charge in [0.2, 0.25) is 0 Å². The molecule has 2 aromatic rings. The third-order valence-electron chi connectivity index (χ3n) is 4.62. The van der Waals surface area contributed by atoms with Gasteiger partial charge in [-0.1, -0.05) is 42.5 Å². The minimum absolute atomic E-state index is 0.0916. The van der Waals surface area contributed by atoms with Crippen LogP contribution in [0.3, 0.4) is 0 Å². The zero-order valence-corrected chi connectivity index (χ0v) is 13.7. The van der Waals surface area contributed by atoms with Crippen molar-refractivity contribution in [2.75, 3.05) is 20.2 Å². The molecular weight excluding hydrogens is 300 g/mol. The molecule has 1 heterocycles. The van der Waals surface area contributed by atoms with Gasteiger partial charge in [-0.05, 0) is 23.3 Å². The Morgan fingerprint density at radius 1 is 1.17 bits per heavy atom. The molecule has 0 radical (unpaired) electrons.